The average Bonchev–Trinajstić information content (AvgIpc) is 3.14. The van der Waals surface area contributed by atoms with E-state index < -0.39 is 27.8 Å². The second-order valence-corrected chi connectivity index (χ2v) is 8.28. The molecule has 0 bridgehead atoms. The van der Waals surface area contributed by atoms with Crippen molar-refractivity contribution >= 4 is 38.8 Å². The number of nitrogens with one attached hydrogen (secondary N) is 1. The number of amides is 1. The van der Waals surface area contributed by atoms with Gasteiger partial charge in [0.2, 0.25) is 5.91 Å². The minimum Gasteiger partial charge on any atom is -0.461 e. The van der Waals surface area contributed by atoms with Gasteiger partial charge >= 0.3 is 5.97 Å². The molecule has 0 spiro atoms. The van der Waals surface area contributed by atoms with Gasteiger partial charge in [0.1, 0.15) is 11.8 Å². The summed E-state index contributed by atoms with van der Waals surface area (Å²) in [4.78, 5) is 29.0. The van der Waals surface area contributed by atoms with Crippen molar-refractivity contribution in [3.63, 3.8) is 0 Å². The van der Waals surface area contributed by atoms with E-state index in [1.165, 1.54) is 23.5 Å². The van der Waals surface area contributed by atoms with Gasteiger partial charge in [-0.1, -0.05) is 18.2 Å². The van der Waals surface area contributed by atoms with Crippen LogP contribution in [-0.2, 0) is 24.2 Å². The number of pyridine rings is 1. The first-order valence-electron chi connectivity index (χ1n) is 8.85. The monoisotopic (exact) mass is 416 g/mol. The van der Waals surface area contributed by atoms with Gasteiger partial charge in [-0.05, 0) is 25.1 Å². The summed E-state index contributed by atoms with van der Waals surface area (Å²) in [6.45, 7) is 1.87. The lowest BCUT2D eigenvalue weighted by Crippen LogP contribution is -2.39. The highest BCUT2D eigenvalue weighted by Crippen LogP contribution is 2.27. The van der Waals surface area contributed by atoms with Crippen LogP contribution in [0.5, 0.6) is 0 Å². The normalized spacial score (nSPS) is 16.3. The van der Waals surface area contributed by atoms with Crippen LogP contribution in [0.2, 0.25) is 0 Å². The van der Waals surface area contributed by atoms with Crippen LogP contribution in [0, 0.1) is 0 Å². The van der Waals surface area contributed by atoms with E-state index in [1.807, 2.05) is 6.07 Å². The van der Waals surface area contributed by atoms with Crippen LogP contribution in [0.15, 0.2) is 58.8 Å². The van der Waals surface area contributed by atoms with E-state index in [9.17, 15) is 18.0 Å². The topological polar surface area (TPSA) is 118 Å². The van der Waals surface area contributed by atoms with Crippen molar-refractivity contribution in [2.24, 2.45) is 5.10 Å². The second kappa shape index (κ2) is 8.39. The van der Waals surface area contributed by atoms with Crippen molar-refractivity contribution in [2.45, 2.75) is 24.3 Å². The SMILES string of the molecule is CCOC(=O)C1=NN(c2ccccc2)[C@@H](C(=O)Nc2cnccc2S(C)(=O)=O)C1. The molecule has 1 aliphatic heterocycles. The van der Waals surface area contributed by atoms with Gasteiger partial charge in [-0.15, -0.1) is 0 Å². The van der Waals surface area contributed by atoms with Crippen molar-refractivity contribution in [1.82, 2.24) is 4.98 Å². The number of esters is 1. The van der Waals surface area contributed by atoms with E-state index in [1.54, 1.807) is 31.2 Å². The smallest absolute Gasteiger partial charge is 0.354 e. The summed E-state index contributed by atoms with van der Waals surface area (Å²) in [7, 11) is -3.57. The summed E-state index contributed by atoms with van der Waals surface area (Å²) in [5, 5.41) is 8.30. The summed E-state index contributed by atoms with van der Waals surface area (Å²) in [5.41, 5.74) is 0.796. The zero-order chi connectivity index (χ0) is 21.0. The van der Waals surface area contributed by atoms with E-state index >= 15 is 0 Å². The maximum atomic E-state index is 13.0. The molecule has 9 nitrogen and oxygen atoms in total. The van der Waals surface area contributed by atoms with Crippen LogP contribution in [0.4, 0.5) is 11.4 Å². The van der Waals surface area contributed by atoms with Crippen LogP contribution in [0.25, 0.3) is 0 Å². The van der Waals surface area contributed by atoms with Crippen molar-refractivity contribution in [3.8, 4) is 0 Å². The van der Waals surface area contributed by atoms with Gasteiger partial charge in [-0.3, -0.25) is 14.8 Å². The lowest BCUT2D eigenvalue weighted by molar-refractivity contribution is -0.135. The van der Waals surface area contributed by atoms with Crippen molar-refractivity contribution in [1.29, 1.82) is 0 Å². The number of ether oxygens (including phenoxy) is 1. The molecule has 1 amide bonds. The van der Waals surface area contributed by atoms with Gasteiger partial charge in [0.15, 0.2) is 9.84 Å². The lowest BCUT2D eigenvalue weighted by atomic mass is 10.1. The van der Waals surface area contributed by atoms with Gasteiger partial charge in [0.05, 0.1) is 29.1 Å². The molecule has 10 heteroatoms. The molecule has 1 aliphatic rings. The zero-order valence-corrected chi connectivity index (χ0v) is 16.7. The fourth-order valence-corrected chi connectivity index (χ4v) is 3.70. The number of anilines is 2. The molecule has 0 saturated heterocycles. The third-order valence-electron chi connectivity index (χ3n) is 4.18. The molecule has 0 saturated carbocycles. The van der Waals surface area contributed by atoms with Gasteiger partial charge < -0.3 is 10.1 Å². The number of para-hydroxylation sites is 1. The van der Waals surface area contributed by atoms with Crippen molar-refractivity contribution in [3.05, 3.63) is 48.8 Å². The molecule has 2 aromatic rings. The molecule has 1 aromatic heterocycles. The van der Waals surface area contributed by atoms with E-state index in [0.717, 1.165) is 6.26 Å². The maximum absolute atomic E-state index is 13.0. The van der Waals surface area contributed by atoms with E-state index in [4.69, 9.17) is 4.74 Å². The van der Waals surface area contributed by atoms with E-state index in [2.05, 4.69) is 15.4 Å². The Balaban J connectivity index is 1.90. The van der Waals surface area contributed by atoms with E-state index in [0.29, 0.717) is 5.69 Å². The number of nitrogens with zero attached hydrogens (tertiary/aromatic N) is 3. The van der Waals surface area contributed by atoms with Gasteiger partial charge in [0, 0.05) is 18.9 Å². The number of hydrazone groups is 1. The molecular formula is C19H20N4O5S. The number of rotatable bonds is 6. The average molecular weight is 416 g/mol. The lowest BCUT2D eigenvalue weighted by Gasteiger charge is -2.23. The zero-order valence-electron chi connectivity index (χ0n) is 15.9. The number of benzene rings is 1. The number of carbonyl (C=O) groups is 2. The Morgan fingerprint density at radius 3 is 2.62 bits per heavy atom. The fourth-order valence-electron chi connectivity index (χ4n) is 2.89. The molecule has 29 heavy (non-hydrogen) atoms. The molecule has 0 unspecified atom stereocenters. The molecule has 1 aromatic carbocycles. The fraction of sp³-hybridized carbons (Fsp3) is 0.263. The molecule has 0 aliphatic carbocycles. The predicted molar refractivity (Wildman–Crippen MR) is 107 cm³/mol. The second-order valence-electron chi connectivity index (χ2n) is 6.30. The largest absolute Gasteiger partial charge is 0.461 e. The van der Waals surface area contributed by atoms with Crippen LogP contribution in [0.3, 0.4) is 0 Å². The Morgan fingerprint density at radius 1 is 1.24 bits per heavy atom. The van der Waals surface area contributed by atoms with Crippen LogP contribution >= 0.6 is 0 Å². The predicted octanol–water partition coefficient (Wildman–Crippen LogP) is 1.62. The number of hydrogen-bond donors (Lipinski definition) is 1. The van der Waals surface area contributed by atoms with Gasteiger partial charge in [-0.25, -0.2) is 13.2 Å². The Labute approximate surface area is 168 Å². The Hall–Kier alpha value is -3.27. The summed E-state index contributed by atoms with van der Waals surface area (Å²) in [6.07, 6.45) is 3.67. The first-order valence-corrected chi connectivity index (χ1v) is 10.7. The first-order chi connectivity index (χ1) is 13.8. The first kappa shape index (κ1) is 20.5. The number of sulfone groups is 1. The molecule has 3 rings (SSSR count). The molecule has 0 radical (unpaired) electrons. The number of aromatic nitrogens is 1. The Kier molecular flexibility index (Phi) is 5.92. The molecule has 1 N–H and O–H groups in total. The molecular weight excluding hydrogens is 396 g/mol. The van der Waals surface area contributed by atoms with Crippen LogP contribution in [-0.4, -0.2) is 49.9 Å². The summed E-state index contributed by atoms with van der Waals surface area (Å²) in [5.74, 6) is -1.11. The summed E-state index contributed by atoms with van der Waals surface area (Å²) < 4.78 is 29.0. The standard InChI is InChI=1S/C19H20N4O5S/c1-3-28-19(25)14-11-16(23(22-14)13-7-5-4-6-8-13)18(24)21-15-12-20-10-9-17(15)29(2,26)27/h4-10,12,16H,3,11H2,1-2H3,(H,21,24)/t16-/m1/s1. The van der Waals surface area contributed by atoms with Gasteiger partial charge in [-0.2, -0.15) is 5.10 Å². The summed E-state index contributed by atoms with van der Waals surface area (Å²) >= 11 is 0. The highest BCUT2D eigenvalue weighted by molar-refractivity contribution is 7.90. The Morgan fingerprint density at radius 2 is 1.97 bits per heavy atom. The molecule has 0 fully saturated rings. The highest BCUT2D eigenvalue weighted by Gasteiger charge is 2.37. The van der Waals surface area contributed by atoms with Crippen molar-refractivity contribution < 1.29 is 22.7 Å². The minimum absolute atomic E-state index is 0.0219. The highest BCUT2D eigenvalue weighted by atomic mass is 32.2. The van der Waals surface area contributed by atoms with Gasteiger partial charge in [0.25, 0.3) is 0 Å². The maximum Gasteiger partial charge on any atom is 0.354 e. The van der Waals surface area contributed by atoms with Crippen LogP contribution < -0.4 is 10.3 Å². The Bertz CT molecular complexity index is 1050. The summed E-state index contributed by atoms with van der Waals surface area (Å²) in [6, 6.07) is 9.35. The molecule has 1 atom stereocenters. The third kappa shape index (κ3) is 4.60. The third-order valence-corrected chi connectivity index (χ3v) is 5.34. The van der Waals surface area contributed by atoms with E-state index in [-0.39, 0.29) is 29.3 Å². The quantitative estimate of drug-likeness (QED) is 0.711. The number of carbonyl (C=O) groups excluding carboxylic acids is 2. The number of hydrogen-bond acceptors (Lipinski definition) is 8. The van der Waals surface area contributed by atoms with Crippen molar-refractivity contribution in [2.75, 3.05) is 23.2 Å². The van der Waals surface area contributed by atoms with Crippen LogP contribution in [0.1, 0.15) is 13.3 Å². The minimum atomic E-state index is -3.57. The molecule has 2 heterocycles. The molecule has 152 valence electrons.